The third-order valence-corrected chi connectivity index (χ3v) is 2.27. The second-order valence-electron chi connectivity index (χ2n) is 3.74. The molecular weight excluding hydrogens is 202 g/mol. The molecule has 1 N–H and O–H groups in total. The van der Waals surface area contributed by atoms with Crippen molar-refractivity contribution in [2.45, 2.75) is 39.5 Å². The Balaban J connectivity index is 2.69. The van der Waals surface area contributed by atoms with Crippen molar-refractivity contribution in [1.82, 2.24) is 9.97 Å². The smallest absolute Gasteiger partial charge is 0.218 e. The first-order valence-corrected chi connectivity index (χ1v) is 5.96. The van der Waals surface area contributed by atoms with Crippen LogP contribution in [0.25, 0.3) is 0 Å². The van der Waals surface area contributed by atoms with Crippen LogP contribution < -0.4 is 10.1 Å². The quantitative estimate of drug-likeness (QED) is 0.722. The van der Waals surface area contributed by atoms with Crippen LogP contribution in [-0.2, 0) is 6.42 Å². The van der Waals surface area contributed by atoms with Gasteiger partial charge in [-0.1, -0.05) is 20.3 Å². The number of ether oxygens (including phenoxy) is 1. The summed E-state index contributed by atoms with van der Waals surface area (Å²) in [5, 5.41) is 3.29. The second kappa shape index (κ2) is 7.04. The van der Waals surface area contributed by atoms with E-state index in [9.17, 15) is 0 Å². The van der Waals surface area contributed by atoms with E-state index in [4.69, 9.17) is 4.74 Å². The Kier molecular flexibility index (Phi) is 5.61. The van der Waals surface area contributed by atoms with E-state index >= 15 is 0 Å². The summed E-state index contributed by atoms with van der Waals surface area (Å²) in [6, 6.07) is 1.84. The normalized spacial score (nSPS) is 10.2. The molecule has 0 amide bonds. The summed E-state index contributed by atoms with van der Waals surface area (Å²) < 4.78 is 5.16. The largest absolute Gasteiger partial charge is 0.481 e. The molecule has 0 radical (unpaired) electrons. The van der Waals surface area contributed by atoms with Crippen molar-refractivity contribution in [3.05, 3.63) is 11.9 Å². The van der Waals surface area contributed by atoms with E-state index in [1.165, 1.54) is 6.42 Å². The molecule has 0 aliphatic carbocycles. The van der Waals surface area contributed by atoms with E-state index in [1.807, 2.05) is 6.07 Å². The SMILES string of the molecule is CCCCNc1cc(OC)nc(CCC)n1. The molecule has 0 aliphatic heterocycles. The first kappa shape index (κ1) is 12.7. The van der Waals surface area contributed by atoms with Crippen LogP contribution in [0.1, 0.15) is 38.9 Å². The summed E-state index contributed by atoms with van der Waals surface area (Å²) in [7, 11) is 1.63. The van der Waals surface area contributed by atoms with E-state index in [-0.39, 0.29) is 0 Å². The molecule has 1 aromatic rings. The van der Waals surface area contributed by atoms with Gasteiger partial charge in [0.1, 0.15) is 11.6 Å². The van der Waals surface area contributed by atoms with Crippen molar-refractivity contribution < 1.29 is 4.74 Å². The first-order valence-electron chi connectivity index (χ1n) is 5.96. The summed E-state index contributed by atoms with van der Waals surface area (Å²) in [5.74, 6) is 2.35. The molecule has 4 nitrogen and oxygen atoms in total. The lowest BCUT2D eigenvalue weighted by Crippen LogP contribution is -2.06. The number of rotatable bonds is 7. The summed E-state index contributed by atoms with van der Waals surface area (Å²) in [5.41, 5.74) is 0. The number of aromatic nitrogens is 2. The fourth-order valence-electron chi connectivity index (χ4n) is 1.40. The Morgan fingerprint density at radius 2 is 2.06 bits per heavy atom. The molecule has 16 heavy (non-hydrogen) atoms. The number of aryl methyl sites for hydroxylation is 1. The van der Waals surface area contributed by atoms with Crippen LogP contribution in [0.3, 0.4) is 0 Å². The topological polar surface area (TPSA) is 47.0 Å². The van der Waals surface area contributed by atoms with Crippen molar-refractivity contribution in [1.29, 1.82) is 0 Å². The maximum Gasteiger partial charge on any atom is 0.218 e. The van der Waals surface area contributed by atoms with E-state index in [0.29, 0.717) is 5.88 Å². The number of hydrogen-bond acceptors (Lipinski definition) is 4. The minimum absolute atomic E-state index is 0.637. The molecule has 0 fully saturated rings. The predicted octanol–water partition coefficient (Wildman–Crippen LogP) is 2.65. The Hall–Kier alpha value is -1.32. The number of methoxy groups -OCH3 is 1. The predicted molar refractivity (Wildman–Crippen MR) is 66.0 cm³/mol. The first-order chi connectivity index (χ1) is 7.80. The van der Waals surface area contributed by atoms with Crippen LogP contribution in [0, 0.1) is 0 Å². The lowest BCUT2D eigenvalue weighted by Gasteiger charge is -2.08. The van der Waals surface area contributed by atoms with E-state index < -0.39 is 0 Å². The fraction of sp³-hybridized carbons (Fsp3) is 0.667. The third-order valence-electron chi connectivity index (χ3n) is 2.27. The summed E-state index contributed by atoms with van der Waals surface area (Å²) in [6.45, 7) is 5.24. The van der Waals surface area contributed by atoms with Crippen molar-refractivity contribution in [3.8, 4) is 5.88 Å². The van der Waals surface area contributed by atoms with Gasteiger partial charge in [-0.05, 0) is 12.8 Å². The molecule has 1 aromatic heterocycles. The Bertz CT molecular complexity index is 315. The lowest BCUT2D eigenvalue weighted by atomic mass is 10.3. The zero-order valence-electron chi connectivity index (χ0n) is 10.4. The number of hydrogen-bond donors (Lipinski definition) is 1. The fourth-order valence-corrected chi connectivity index (χ4v) is 1.40. The molecule has 0 aliphatic rings. The van der Waals surface area contributed by atoms with Gasteiger partial charge in [0.2, 0.25) is 5.88 Å². The van der Waals surface area contributed by atoms with E-state index in [0.717, 1.165) is 37.4 Å². The van der Waals surface area contributed by atoms with E-state index in [2.05, 4.69) is 29.1 Å². The molecular formula is C12H21N3O. The number of unbranched alkanes of at least 4 members (excludes halogenated alkanes) is 1. The lowest BCUT2D eigenvalue weighted by molar-refractivity contribution is 0.395. The van der Waals surface area contributed by atoms with Gasteiger partial charge in [-0.2, -0.15) is 4.98 Å². The number of anilines is 1. The van der Waals surface area contributed by atoms with Crippen molar-refractivity contribution in [2.75, 3.05) is 19.0 Å². The van der Waals surface area contributed by atoms with Gasteiger partial charge in [0.25, 0.3) is 0 Å². The van der Waals surface area contributed by atoms with Gasteiger partial charge >= 0.3 is 0 Å². The van der Waals surface area contributed by atoms with Gasteiger partial charge in [0, 0.05) is 19.0 Å². The highest BCUT2D eigenvalue weighted by molar-refractivity contribution is 5.38. The molecule has 0 spiro atoms. The van der Waals surface area contributed by atoms with Gasteiger partial charge in [-0.15, -0.1) is 0 Å². The van der Waals surface area contributed by atoms with Crippen LogP contribution in [0.5, 0.6) is 5.88 Å². The van der Waals surface area contributed by atoms with Gasteiger partial charge in [-0.25, -0.2) is 4.98 Å². The van der Waals surface area contributed by atoms with Crippen LogP contribution in [0.2, 0.25) is 0 Å². The molecule has 1 rings (SSSR count). The van der Waals surface area contributed by atoms with Crippen LogP contribution in [0.15, 0.2) is 6.07 Å². The summed E-state index contributed by atoms with van der Waals surface area (Å²) in [4.78, 5) is 8.74. The molecule has 0 atom stereocenters. The molecule has 0 aromatic carbocycles. The number of nitrogens with zero attached hydrogens (tertiary/aromatic N) is 2. The second-order valence-corrected chi connectivity index (χ2v) is 3.74. The van der Waals surface area contributed by atoms with Crippen LogP contribution in [0.4, 0.5) is 5.82 Å². The highest BCUT2D eigenvalue weighted by atomic mass is 16.5. The van der Waals surface area contributed by atoms with Gasteiger partial charge in [0.05, 0.1) is 7.11 Å². The van der Waals surface area contributed by atoms with Gasteiger partial charge < -0.3 is 10.1 Å². The molecule has 90 valence electrons. The molecule has 4 heteroatoms. The zero-order chi connectivity index (χ0) is 11.8. The molecule has 1 heterocycles. The maximum atomic E-state index is 5.16. The minimum Gasteiger partial charge on any atom is -0.481 e. The van der Waals surface area contributed by atoms with Crippen molar-refractivity contribution in [3.63, 3.8) is 0 Å². The standard InChI is InChI=1S/C12H21N3O/c1-4-6-8-13-11-9-12(16-3)15-10(14-11)7-5-2/h9H,4-8H2,1-3H3,(H,13,14,15). The average molecular weight is 223 g/mol. The van der Waals surface area contributed by atoms with E-state index in [1.54, 1.807) is 7.11 Å². The third kappa shape index (κ3) is 4.04. The average Bonchev–Trinajstić information content (AvgIpc) is 2.29. The van der Waals surface area contributed by atoms with Gasteiger partial charge in [0.15, 0.2) is 0 Å². The molecule has 0 bridgehead atoms. The summed E-state index contributed by atoms with van der Waals surface area (Å²) in [6.07, 6.45) is 4.26. The molecule has 0 saturated carbocycles. The molecule has 0 saturated heterocycles. The monoisotopic (exact) mass is 223 g/mol. The Labute approximate surface area is 97.5 Å². The number of nitrogens with one attached hydrogen (secondary N) is 1. The van der Waals surface area contributed by atoms with Crippen molar-refractivity contribution >= 4 is 5.82 Å². The Morgan fingerprint density at radius 1 is 1.25 bits per heavy atom. The zero-order valence-corrected chi connectivity index (χ0v) is 10.4. The minimum atomic E-state index is 0.637. The highest BCUT2D eigenvalue weighted by Gasteiger charge is 2.03. The van der Waals surface area contributed by atoms with Crippen LogP contribution >= 0.6 is 0 Å². The van der Waals surface area contributed by atoms with Crippen LogP contribution in [-0.4, -0.2) is 23.6 Å². The van der Waals surface area contributed by atoms with Gasteiger partial charge in [-0.3, -0.25) is 0 Å². The van der Waals surface area contributed by atoms with Crippen molar-refractivity contribution in [2.24, 2.45) is 0 Å². The summed E-state index contributed by atoms with van der Waals surface area (Å²) >= 11 is 0. The highest BCUT2D eigenvalue weighted by Crippen LogP contribution is 2.14. The molecule has 0 unspecified atom stereocenters. The maximum absolute atomic E-state index is 5.16. The Morgan fingerprint density at radius 3 is 2.69 bits per heavy atom.